The summed E-state index contributed by atoms with van der Waals surface area (Å²) in [5.41, 5.74) is 0.827. The lowest BCUT2D eigenvalue weighted by atomic mass is 10.1. The second-order valence-electron chi connectivity index (χ2n) is 7.20. The Labute approximate surface area is 187 Å². The van der Waals surface area contributed by atoms with Crippen LogP contribution in [0.5, 0.6) is 0 Å². The Hall–Kier alpha value is -3.73. The molecule has 0 unspecified atom stereocenters. The quantitative estimate of drug-likeness (QED) is 0.522. The molecule has 3 aromatic rings. The highest BCUT2D eigenvalue weighted by atomic mass is 19.4. The molecule has 1 heterocycles. The Bertz CT molecular complexity index is 1100. The van der Waals surface area contributed by atoms with Gasteiger partial charge < -0.3 is 15.2 Å². The van der Waals surface area contributed by atoms with E-state index in [0.717, 1.165) is 12.1 Å². The van der Waals surface area contributed by atoms with Crippen molar-refractivity contribution in [1.82, 2.24) is 15.0 Å². The smallest absolute Gasteiger partial charge is 0.338 e. The lowest BCUT2D eigenvalue weighted by molar-refractivity contribution is -0.137. The molecule has 0 aliphatic rings. The molecule has 0 radical (unpaired) electrons. The van der Waals surface area contributed by atoms with Gasteiger partial charge in [-0.3, -0.25) is 14.5 Å². The number of nitrogens with one attached hydrogen (secondary N) is 2. The van der Waals surface area contributed by atoms with Gasteiger partial charge in [0.2, 0.25) is 23.5 Å². The number of aromatic nitrogens is 2. The van der Waals surface area contributed by atoms with Gasteiger partial charge in [-0.15, -0.1) is 0 Å². The molecule has 11 heteroatoms. The zero-order valence-electron chi connectivity index (χ0n) is 17.9. The number of amides is 2. The minimum Gasteiger partial charge on any atom is -0.338 e. The van der Waals surface area contributed by atoms with Crippen molar-refractivity contribution in [1.29, 1.82) is 0 Å². The molecule has 2 amide bonds. The standard InChI is InChI=1S/C22H22F3N5O3/c1-3-30(12-19(32)27-18-10-8-17(9-11-18)26-14(2)31)13-20-28-21(29-33-20)15-4-6-16(7-5-15)22(23,24)25/h4-11H,3,12-13H2,1-2H3,(H,26,31)(H,27,32). The van der Waals surface area contributed by atoms with Crippen molar-refractivity contribution in [2.75, 3.05) is 23.7 Å². The molecule has 8 nitrogen and oxygen atoms in total. The van der Waals surface area contributed by atoms with Crippen LogP contribution in [0.25, 0.3) is 11.4 Å². The summed E-state index contributed by atoms with van der Waals surface area (Å²) in [5.74, 6) is -0.0443. The summed E-state index contributed by atoms with van der Waals surface area (Å²) in [5, 5.41) is 9.23. The Morgan fingerprint density at radius 2 is 1.61 bits per heavy atom. The Morgan fingerprint density at radius 1 is 1.00 bits per heavy atom. The van der Waals surface area contributed by atoms with Crippen LogP contribution >= 0.6 is 0 Å². The molecule has 0 atom stereocenters. The fourth-order valence-electron chi connectivity index (χ4n) is 2.96. The normalized spacial score (nSPS) is 11.5. The van der Waals surface area contributed by atoms with E-state index in [2.05, 4.69) is 20.8 Å². The van der Waals surface area contributed by atoms with E-state index in [1.54, 1.807) is 29.2 Å². The van der Waals surface area contributed by atoms with Crippen LogP contribution in [0.2, 0.25) is 0 Å². The minimum absolute atomic E-state index is 0.0575. The number of anilines is 2. The molecule has 33 heavy (non-hydrogen) atoms. The fraction of sp³-hybridized carbons (Fsp3) is 0.273. The number of hydrogen-bond donors (Lipinski definition) is 2. The maximum absolute atomic E-state index is 12.7. The summed E-state index contributed by atoms with van der Waals surface area (Å²) < 4.78 is 43.3. The van der Waals surface area contributed by atoms with E-state index in [1.165, 1.54) is 19.1 Å². The van der Waals surface area contributed by atoms with Crippen molar-refractivity contribution in [2.45, 2.75) is 26.6 Å². The van der Waals surface area contributed by atoms with Crippen LogP contribution in [-0.4, -0.2) is 39.9 Å². The molecule has 0 saturated heterocycles. The Morgan fingerprint density at radius 3 is 2.15 bits per heavy atom. The summed E-state index contributed by atoms with van der Waals surface area (Å²) >= 11 is 0. The maximum Gasteiger partial charge on any atom is 0.416 e. The van der Waals surface area contributed by atoms with Gasteiger partial charge in [-0.1, -0.05) is 24.2 Å². The number of hydrogen-bond acceptors (Lipinski definition) is 6. The second kappa shape index (κ2) is 10.3. The lowest BCUT2D eigenvalue weighted by Gasteiger charge is -2.17. The van der Waals surface area contributed by atoms with Gasteiger partial charge in [0.05, 0.1) is 18.7 Å². The molecular weight excluding hydrogens is 439 g/mol. The molecule has 2 N–H and O–H groups in total. The number of benzene rings is 2. The summed E-state index contributed by atoms with van der Waals surface area (Å²) in [6.07, 6.45) is -4.42. The van der Waals surface area contributed by atoms with E-state index in [0.29, 0.717) is 23.5 Å². The third-order valence-corrected chi connectivity index (χ3v) is 4.60. The highest BCUT2D eigenvalue weighted by Gasteiger charge is 2.30. The molecule has 0 aliphatic carbocycles. The van der Waals surface area contributed by atoms with Crippen LogP contribution in [-0.2, 0) is 22.3 Å². The predicted molar refractivity (Wildman–Crippen MR) is 115 cm³/mol. The van der Waals surface area contributed by atoms with Crippen molar-refractivity contribution in [2.24, 2.45) is 0 Å². The van der Waals surface area contributed by atoms with Gasteiger partial charge in [0, 0.05) is 23.9 Å². The average molecular weight is 461 g/mol. The van der Waals surface area contributed by atoms with Crippen molar-refractivity contribution < 1.29 is 27.3 Å². The van der Waals surface area contributed by atoms with Gasteiger partial charge in [0.25, 0.3) is 0 Å². The second-order valence-corrected chi connectivity index (χ2v) is 7.20. The first kappa shape index (κ1) is 23.9. The summed E-state index contributed by atoms with van der Waals surface area (Å²) in [7, 11) is 0. The minimum atomic E-state index is -4.42. The molecule has 1 aromatic heterocycles. The van der Waals surface area contributed by atoms with E-state index in [1.807, 2.05) is 6.92 Å². The summed E-state index contributed by atoms with van der Waals surface area (Å²) in [6, 6.07) is 11.2. The van der Waals surface area contributed by atoms with Crippen LogP contribution in [0.4, 0.5) is 24.5 Å². The summed E-state index contributed by atoms with van der Waals surface area (Å²) in [4.78, 5) is 29.4. The van der Waals surface area contributed by atoms with Crippen LogP contribution < -0.4 is 10.6 Å². The van der Waals surface area contributed by atoms with Crippen LogP contribution in [0.3, 0.4) is 0 Å². The first-order valence-corrected chi connectivity index (χ1v) is 10.0. The Kier molecular flexibility index (Phi) is 7.44. The van der Waals surface area contributed by atoms with Crippen LogP contribution in [0, 0.1) is 0 Å². The fourth-order valence-corrected chi connectivity index (χ4v) is 2.96. The number of alkyl halides is 3. The number of carbonyl (C=O) groups is 2. The third-order valence-electron chi connectivity index (χ3n) is 4.60. The molecule has 3 rings (SSSR count). The molecule has 0 spiro atoms. The van der Waals surface area contributed by atoms with Crippen molar-refractivity contribution in [3.05, 3.63) is 60.0 Å². The van der Waals surface area contributed by atoms with Gasteiger partial charge >= 0.3 is 6.18 Å². The van der Waals surface area contributed by atoms with Crippen LogP contribution in [0.15, 0.2) is 53.1 Å². The van der Waals surface area contributed by atoms with E-state index in [9.17, 15) is 22.8 Å². The zero-order valence-corrected chi connectivity index (χ0v) is 17.9. The number of carbonyl (C=O) groups excluding carboxylic acids is 2. The van der Waals surface area contributed by atoms with Gasteiger partial charge in [-0.05, 0) is 42.9 Å². The van der Waals surface area contributed by atoms with Crippen LogP contribution in [0.1, 0.15) is 25.3 Å². The number of halogens is 3. The van der Waals surface area contributed by atoms with Crippen molar-refractivity contribution in [3.8, 4) is 11.4 Å². The molecule has 0 saturated carbocycles. The Balaban J connectivity index is 1.57. The van der Waals surface area contributed by atoms with Gasteiger partial charge in [0.1, 0.15) is 0 Å². The molecule has 2 aromatic carbocycles. The largest absolute Gasteiger partial charge is 0.416 e. The molecule has 0 fully saturated rings. The summed E-state index contributed by atoms with van der Waals surface area (Å²) in [6.45, 7) is 4.04. The van der Waals surface area contributed by atoms with Gasteiger partial charge in [-0.2, -0.15) is 18.2 Å². The highest BCUT2D eigenvalue weighted by Crippen LogP contribution is 2.30. The average Bonchev–Trinajstić information content (AvgIpc) is 3.22. The van der Waals surface area contributed by atoms with E-state index >= 15 is 0 Å². The first-order valence-electron chi connectivity index (χ1n) is 10.0. The SMILES string of the molecule is CCN(CC(=O)Nc1ccc(NC(C)=O)cc1)Cc1nc(-c2ccc(C(F)(F)F)cc2)no1. The number of nitrogens with zero attached hydrogens (tertiary/aromatic N) is 3. The van der Waals surface area contributed by atoms with E-state index in [4.69, 9.17) is 4.52 Å². The number of rotatable bonds is 8. The molecule has 0 bridgehead atoms. The maximum atomic E-state index is 12.7. The van der Waals surface area contributed by atoms with Crippen molar-refractivity contribution in [3.63, 3.8) is 0 Å². The lowest BCUT2D eigenvalue weighted by Crippen LogP contribution is -2.32. The zero-order chi connectivity index (χ0) is 24.0. The van der Waals surface area contributed by atoms with Gasteiger partial charge in [0.15, 0.2) is 0 Å². The monoisotopic (exact) mass is 461 g/mol. The topological polar surface area (TPSA) is 100 Å². The number of likely N-dealkylation sites (N-methyl/N-ethyl adjacent to an activating group) is 1. The molecular formula is C22H22F3N5O3. The predicted octanol–water partition coefficient (Wildman–Crippen LogP) is 4.17. The van der Waals surface area contributed by atoms with Gasteiger partial charge in [-0.25, -0.2) is 0 Å². The molecule has 174 valence electrons. The van der Waals surface area contributed by atoms with E-state index in [-0.39, 0.29) is 36.6 Å². The van der Waals surface area contributed by atoms with Crippen molar-refractivity contribution >= 4 is 23.2 Å². The third kappa shape index (κ3) is 6.88. The highest BCUT2D eigenvalue weighted by molar-refractivity contribution is 5.93. The first-order chi connectivity index (χ1) is 15.6. The molecule has 0 aliphatic heterocycles. The van der Waals surface area contributed by atoms with E-state index < -0.39 is 11.7 Å².